The first kappa shape index (κ1) is 14.5. The number of carboxylic acid groups (broad SMARTS) is 1. The molecule has 0 aliphatic heterocycles. The van der Waals surface area contributed by atoms with Crippen LogP contribution in [0.2, 0.25) is 0 Å². The summed E-state index contributed by atoms with van der Waals surface area (Å²) in [6, 6.07) is 4.92. The van der Waals surface area contributed by atoms with Crippen LogP contribution in [0.1, 0.15) is 42.6 Å². The van der Waals surface area contributed by atoms with E-state index in [1.807, 2.05) is 13.8 Å². The maximum absolute atomic E-state index is 10.8. The van der Waals surface area contributed by atoms with Crippen LogP contribution in [0.5, 0.6) is 0 Å². The molecular formula is C14H21NO3. The van der Waals surface area contributed by atoms with Gasteiger partial charge < -0.3 is 15.5 Å². The van der Waals surface area contributed by atoms with E-state index in [2.05, 4.69) is 5.32 Å². The second-order valence-corrected chi connectivity index (χ2v) is 4.94. The lowest BCUT2D eigenvalue weighted by atomic mass is 10.0. The fourth-order valence-electron chi connectivity index (χ4n) is 1.91. The molecule has 1 unspecified atom stereocenters. The van der Waals surface area contributed by atoms with Crippen molar-refractivity contribution in [2.24, 2.45) is 0 Å². The lowest BCUT2D eigenvalue weighted by molar-refractivity contribution is 0.0635. The number of hydrogen-bond donors (Lipinski definition) is 3. The smallest absolute Gasteiger partial charge is 0.335 e. The van der Waals surface area contributed by atoms with Gasteiger partial charge >= 0.3 is 5.97 Å². The number of rotatable bonds is 6. The Morgan fingerprint density at radius 2 is 2.11 bits per heavy atom. The summed E-state index contributed by atoms with van der Waals surface area (Å²) >= 11 is 0. The minimum Gasteiger partial charge on any atom is -0.478 e. The van der Waals surface area contributed by atoms with Crippen molar-refractivity contribution in [1.82, 2.24) is 0 Å². The predicted molar refractivity (Wildman–Crippen MR) is 72.2 cm³/mol. The van der Waals surface area contributed by atoms with Gasteiger partial charge in [0.1, 0.15) is 0 Å². The summed E-state index contributed by atoms with van der Waals surface area (Å²) in [6.45, 7) is 6.13. The third-order valence-corrected chi connectivity index (χ3v) is 2.92. The summed E-state index contributed by atoms with van der Waals surface area (Å²) in [7, 11) is 0. The molecule has 1 atom stereocenters. The SMILES string of the molecule is CCCC(C)(O)CNc1ccc(C(=O)O)cc1C. The summed E-state index contributed by atoms with van der Waals surface area (Å²) in [4.78, 5) is 10.8. The standard InChI is InChI=1S/C14H21NO3/c1-4-7-14(3,18)9-15-12-6-5-11(13(16)17)8-10(12)2/h5-6,8,15,18H,4,7,9H2,1-3H3,(H,16,17). The zero-order chi connectivity index (χ0) is 13.8. The molecule has 1 rings (SSSR count). The number of aryl methyl sites for hydroxylation is 1. The molecule has 0 aliphatic carbocycles. The second-order valence-electron chi connectivity index (χ2n) is 4.94. The molecule has 0 fully saturated rings. The molecule has 4 heteroatoms. The molecule has 100 valence electrons. The van der Waals surface area contributed by atoms with Gasteiger partial charge in [-0.3, -0.25) is 0 Å². The van der Waals surface area contributed by atoms with Crippen LogP contribution < -0.4 is 5.32 Å². The van der Waals surface area contributed by atoms with E-state index in [1.54, 1.807) is 25.1 Å². The molecule has 0 heterocycles. The van der Waals surface area contributed by atoms with Gasteiger partial charge in [0.15, 0.2) is 0 Å². The lowest BCUT2D eigenvalue weighted by Gasteiger charge is -2.24. The van der Waals surface area contributed by atoms with E-state index in [4.69, 9.17) is 5.11 Å². The van der Waals surface area contributed by atoms with Gasteiger partial charge in [-0.1, -0.05) is 13.3 Å². The van der Waals surface area contributed by atoms with Gasteiger partial charge in [0, 0.05) is 12.2 Å². The summed E-state index contributed by atoms with van der Waals surface area (Å²) in [6.07, 6.45) is 1.65. The number of nitrogens with one attached hydrogen (secondary N) is 1. The van der Waals surface area contributed by atoms with Gasteiger partial charge in [0.25, 0.3) is 0 Å². The van der Waals surface area contributed by atoms with Crippen LogP contribution in [0.15, 0.2) is 18.2 Å². The average molecular weight is 251 g/mol. The zero-order valence-electron chi connectivity index (χ0n) is 11.2. The van der Waals surface area contributed by atoms with E-state index in [9.17, 15) is 9.90 Å². The van der Waals surface area contributed by atoms with Gasteiger partial charge in [-0.2, -0.15) is 0 Å². The van der Waals surface area contributed by atoms with Crippen molar-refractivity contribution >= 4 is 11.7 Å². The molecule has 4 nitrogen and oxygen atoms in total. The number of carboxylic acids is 1. The Morgan fingerprint density at radius 1 is 1.44 bits per heavy atom. The summed E-state index contributed by atoms with van der Waals surface area (Å²) in [5.41, 5.74) is 1.25. The first-order chi connectivity index (χ1) is 8.35. The van der Waals surface area contributed by atoms with Crippen LogP contribution in [-0.2, 0) is 0 Å². The molecule has 0 radical (unpaired) electrons. The summed E-state index contributed by atoms with van der Waals surface area (Å²) in [5, 5.41) is 22.1. The Bertz CT molecular complexity index is 427. The maximum Gasteiger partial charge on any atom is 0.335 e. The van der Waals surface area contributed by atoms with Gasteiger partial charge in [-0.25, -0.2) is 4.79 Å². The van der Waals surface area contributed by atoms with Crippen molar-refractivity contribution in [2.45, 2.75) is 39.2 Å². The second kappa shape index (κ2) is 5.87. The lowest BCUT2D eigenvalue weighted by Crippen LogP contribution is -2.33. The van der Waals surface area contributed by atoms with Crippen LogP contribution in [-0.4, -0.2) is 28.3 Å². The summed E-state index contributed by atoms with van der Waals surface area (Å²) in [5.74, 6) is -0.928. The average Bonchev–Trinajstić information content (AvgIpc) is 2.27. The molecule has 1 aromatic rings. The predicted octanol–water partition coefficient (Wildman–Crippen LogP) is 2.66. The zero-order valence-corrected chi connectivity index (χ0v) is 11.2. The van der Waals surface area contributed by atoms with Crippen molar-refractivity contribution in [1.29, 1.82) is 0 Å². The first-order valence-electron chi connectivity index (χ1n) is 6.16. The molecule has 3 N–H and O–H groups in total. The highest BCUT2D eigenvalue weighted by atomic mass is 16.4. The summed E-state index contributed by atoms with van der Waals surface area (Å²) < 4.78 is 0. The number of anilines is 1. The molecule has 0 spiro atoms. The van der Waals surface area contributed by atoms with Crippen molar-refractivity contribution in [3.05, 3.63) is 29.3 Å². The largest absolute Gasteiger partial charge is 0.478 e. The molecule has 1 aromatic carbocycles. The van der Waals surface area contributed by atoms with Crippen molar-refractivity contribution in [3.8, 4) is 0 Å². The highest BCUT2D eigenvalue weighted by molar-refractivity contribution is 5.88. The van der Waals surface area contributed by atoms with Crippen molar-refractivity contribution in [2.75, 3.05) is 11.9 Å². The Kier molecular flexibility index (Phi) is 4.73. The number of hydrogen-bond acceptors (Lipinski definition) is 3. The van der Waals surface area contributed by atoms with Crippen LogP contribution >= 0.6 is 0 Å². The Labute approximate surface area is 108 Å². The van der Waals surface area contributed by atoms with E-state index in [0.29, 0.717) is 6.54 Å². The molecule has 0 saturated heterocycles. The van der Waals surface area contributed by atoms with Crippen LogP contribution in [0.25, 0.3) is 0 Å². The van der Waals surface area contributed by atoms with Gasteiger partial charge in [0.05, 0.1) is 11.2 Å². The highest BCUT2D eigenvalue weighted by Gasteiger charge is 2.18. The monoisotopic (exact) mass is 251 g/mol. The fourth-order valence-corrected chi connectivity index (χ4v) is 1.91. The number of aliphatic hydroxyl groups is 1. The van der Waals surface area contributed by atoms with Gasteiger partial charge in [-0.15, -0.1) is 0 Å². The molecule has 0 saturated carbocycles. The Balaban J connectivity index is 2.71. The van der Waals surface area contributed by atoms with E-state index >= 15 is 0 Å². The van der Waals surface area contributed by atoms with Gasteiger partial charge in [-0.05, 0) is 44.0 Å². The maximum atomic E-state index is 10.8. The molecule has 0 amide bonds. The minimum absolute atomic E-state index is 0.276. The minimum atomic E-state index is -0.928. The Hall–Kier alpha value is -1.55. The van der Waals surface area contributed by atoms with E-state index in [1.165, 1.54) is 0 Å². The molecule has 18 heavy (non-hydrogen) atoms. The number of aromatic carboxylic acids is 1. The number of benzene rings is 1. The van der Waals surface area contributed by atoms with E-state index < -0.39 is 11.6 Å². The third kappa shape index (κ3) is 4.04. The normalized spacial score (nSPS) is 14.0. The molecule has 0 aliphatic rings. The van der Waals surface area contributed by atoms with Crippen molar-refractivity contribution < 1.29 is 15.0 Å². The first-order valence-corrected chi connectivity index (χ1v) is 6.16. The molecule has 0 bridgehead atoms. The quantitative estimate of drug-likeness (QED) is 0.727. The van der Waals surface area contributed by atoms with Crippen LogP contribution in [0.4, 0.5) is 5.69 Å². The number of carbonyl (C=O) groups is 1. The molecular weight excluding hydrogens is 230 g/mol. The Morgan fingerprint density at radius 3 is 2.61 bits per heavy atom. The van der Waals surface area contributed by atoms with E-state index in [0.717, 1.165) is 24.1 Å². The molecule has 0 aromatic heterocycles. The fraction of sp³-hybridized carbons (Fsp3) is 0.500. The van der Waals surface area contributed by atoms with Crippen LogP contribution in [0, 0.1) is 6.92 Å². The third-order valence-electron chi connectivity index (χ3n) is 2.92. The van der Waals surface area contributed by atoms with E-state index in [-0.39, 0.29) is 5.56 Å². The topological polar surface area (TPSA) is 69.6 Å². The van der Waals surface area contributed by atoms with Crippen molar-refractivity contribution in [3.63, 3.8) is 0 Å². The van der Waals surface area contributed by atoms with Gasteiger partial charge in [0.2, 0.25) is 0 Å². The van der Waals surface area contributed by atoms with Crippen LogP contribution in [0.3, 0.4) is 0 Å². The highest BCUT2D eigenvalue weighted by Crippen LogP contribution is 2.19.